The highest BCUT2D eigenvalue weighted by molar-refractivity contribution is 5.74. The largest absolute Gasteiger partial charge is 0.282 e. The molecular formula is C21H17FN4. The summed E-state index contributed by atoms with van der Waals surface area (Å²) in [5.74, 6) is 0.341. The Morgan fingerprint density at radius 1 is 0.885 bits per heavy atom. The van der Waals surface area contributed by atoms with Gasteiger partial charge >= 0.3 is 0 Å². The molecule has 4 nitrogen and oxygen atoms in total. The summed E-state index contributed by atoms with van der Waals surface area (Å²) < 4.78 is 15.2. The van der Waals surface area contributed by atoms with E-state index in [4.69, 9.17) is 0 Å². The minimum atomic E-state index is -0.281. The van der Waals surface area contributed by atoms with Crippen LogP contribution in [0.5, 0.6) is 0 Å². The molecular weight excluding hydrogens is 327 g/mol. The Bertz CT molecular complexity index is 1110. The number of hydrogen-bond acceptors (Lipinski definition) is 3. The third-order valence-corrected chi connectivity index (χ3v) is 4.12. The number of azo groups is 1. The van der Waals surface area contributed by atoms with Crippen LogP contribution >= 0.6 is 0 Å². The number of aromatic nitrogens is 2. The highest BCUT2D eigenvalue weighted by Gasteiger charge is 2.14. The molecule has 0 amide bonds. The fourth-order valence-electron chi connectivity index (χ4n) is 2.83. The van der Waals surface area contributed by atoms with E-state index in [1.54, 1.807) is 12.1 Å². The normalized spacial score (nSPS) is 11.5. The van der Waals surface area contributed by atoms with Crippen LogP contribution in [0.15, 0.2) is 77.1 Å². The van der Waals surface area contributed by atoms with E-state index in [9.17, 15) is 4.39 Å². The van der Waals surface area contributed by atoms with Gasteiger partial charge in [0.15, 0.2) is 5.82 Å². The second kappa shape index (κ2) is 6.52. The molecule has 0 aliphatic carbocycles. The van der Waals surface area contributed by atoms with Crippen molar-refractivity contribution in [3.05, 3.63) is 83.8 Å². The number of pyridine rings is 1. The fourth-order valence-corrected chi connectivity index (χ4v) is 2.83. The summed E-state index contributed by atoms with van der Waals surface area (Å²) >= 11 is 0. The van der Waals surface area contributed by atoms with Gasteiger partial charge in [0, 0.05) is 11.8 Å². The van der Waals surface area contributed by atoms with Crippen LogP contribution in [0.3, 0.4) is 0 Å². The number of benzene rings is 2. The molecule has 0 aliphatic rings. The SMILES string of the molecule is Cc1cccc(N=Nc2c(-c3ccc(F)cc3)nc3ccc(C)cn23)c1. The number of aryl methyl sites for hydroxylation is 2. The van der Waals surface area contributed by atoms with Gasteiger partial charge in [-0.3, -0.25) is 4.40 Å². The monoisotopic (exact) mass is 344 g/mol. The second-order valence-corrected chi connectivity index (χ2v) is 6.26. The molecule has 0 atom stereocenters. The van der Waals surface area contributed by atoms with Gasteiger partial charge in [0.2, 0.25) is 0 Å². The van der Waals surface area contributed by atoms with E-state index in [0.29, 0.717) is 11.5 Å². The van der Waals surface area contributed by atoms with Gasteiger partial charge in [-0.05, 0) is 67.4 Å². The van der Waals surface area contributed by atoms with E-state index in [0.717, 1.165) is 28.0 Å². The first-order chi connectivity index (χ1) is 12.6. The fraction of sp³-hybridized carbons (Fsp3) is 0.0952. The first-order valence-electron chi connectivity index (χ1n) is 8.33. The predicted molar refractivity (Wildman–Crippen MR) is 101 cm³/mol. The first kappa shape index (κ1) is 16.1. The Morgan fingerprint density at radius 3 is 2.46 bits per heavy atom. The Kier molecular flexibility index (Phi) is 4.05. The Labute approximate surface area is 150 Å². The molecule has 2 aromatic heterocycles. The standard InChI is InChI=1S/C21H17FN4/c1-14-4-3-5-18(12-14)24-25-21-20(16-7-9-17(22)10-8-16)23-19-11-6-15(2)13-26(19)21/h3-13H,1-2H3. The van der Waals surface area contributed by atoms with E-state index in [-0.39, 0.29) is 5.82 Å². The van der Waals surface area contributed by atoms with Crippen LogP contribution in [0.2, 0.25) is 0 Å². The molecule has 0 radical (unpaired) electrons. The van der Waals surface area contributed by atoms with Crippen molar-refractivity contribution >= 4 is 17.2 Å². The zero-order valence-electron chi connectivity index (χ0n) is 14.5. The molecule has 0 bridgehead atoms. The molecule has 0 N–H and O–H groups in total. The van der Waals surface area contributed by atoms with E-state index < -0.39 is 0 Å². The van der Waals surface area contributed by atoms with Crippen LogP contribution in [0.4, 0.5) is 15.9 Å². The maximum Gasteiger partial charge on any atom is 0.187 e. The van der Waals surface area contributed by atoms with Crippen molar-refractivity contribution in [2.75, 3.05) is 0 Å². The summed E-state index contributed by atoms with van der Waals surface area (Å²) in [7, 11) is 0. The van der Waals surface area contributed by atoms with E-state index in [1.165, 1.54) is 12.1 Å². The summed E-state index contributed by atoms with van der Waals surface area (Å²) in [6.45, 7) is 4.03. The second-order valence-electron chi connectivity index (χ2n) is 6.26. The van der Waals surface area contributed by atoms with Crippen LogP contribution in [-0.4, -0.2) is 9.38 Å². The smallest absolute Gasteiger partial charge is 0.187 e. The maximum atomic E-state index is 13.3. The number of nitrogens with zero attached hydrogens (tertiary/aromatic N) is 4. The van der Waals surface area contributed by atoms with Crippen LogP contribution in [-0.2, 0) is 0 Å². The Hall–Kier alpha value is -3.34. The molecule has 5 heteroatoms. The van der Waals surface area contributed by atoms with Gasteiger partial charge in [0.05, 0.1) is 5.69 Å². The molecule has 26 heavy (non-hydrogen) atoms. The molecule has 0 unspecified atom stereocenters. The lowest BCUT2D eigenvalue weighted by Gasteiger charge is -2.01. The number of rotatable bonds is 3. The van der Waals surface area contributed by atoms with Crippen molar-refractivity contribution in [2.24, 2.45) is 10.2 Å². The quantitative estimate of drug-likeness (QED) is 0.410. The Morgan fingerprint density at radius 2 is 1.69 bits per heavy atom. The first-order valence-corrected chi connectivity index (χ1v) is 8.33. The zero-order chi connectivity index (χ0) is 18.1. The van der Waals surface area contributed by atoms with Crippen molar-refractivity contribution in [3.8, 4) is 11.3 Å². The molecule has 4 rings (SSSR count). The van der Waals surface area contributed by atoms with Crippen LogP contribution in [0, 0.1) is 19.7 Å². The van der Waals surface area contributed by atoms with Crippen molar-refractivity contribution in [1.29, 1.82) is 0 Å². The zero-order valence-corrected chi connectivity index (χ0v) is 14.5. The van der Waals surface area contributed by atoms with Crippen molar-refractivity contribution in [3.63, 3.8) is 0 Å². The minimum Gasteiger partial charge on any atom is -0.282 e. The lowest BCUT2D eigenvalue weighted by atomic mass is 10.1. The topological polar surface area (TPSA) is 42.0 Å². The summed E-state index contributed by atoms with van der Waals surface area (Å²) in [5, 5.41) is 8.86. The van der Waals surface area contributed by atoms with Crippen molar-refractivity contribution in [2.45, 2.75) is 13.8 Å². The molecule has 4 aromatic rings. The molecule has 0 saturated heterocycles. The lowest BCUT2D eigenvalue weighted by molar-refractivity contribution is 0.628. The highest BCUT2D eigenvalue weighted by Crippen LogP contribution is 2.32. The third-order valence-electron chi connectivity index (χ3n) is 4.12. The number of imidazole rings is 1. The molecule has 2 heterocycles. The molecule has 0 aliphatic heterocycles. The van der Waals surface area contributed by atoms with Crippen LogP contribution in [0.25, 0.3) is 16.9 Å². The van der Waals surface area contributed by atoms with Crippen LogP contribution in [0.1, 0.15) is 11.1 Å². The summed E-state index contributed by atoms with van der Waals surface area (Å²) in [4.78, 5) is 4.67. The minimum absolute atomic E-state index is 0.281. The number of hydrogen-bond donors (Lipinski definition) is 0. The number of halogens is 1. The molecule has 128 valence electrons. The van der Waals surface area contributed by atoms with Crippen LogP contribution < -0.4 is 0 Å². The van der Waals surface area contributed by atoms with E-state index in [1.807, 2.05) is 60.8 Å². The molecule has 0 fully saturated rings. The Balaban J connectivity index is 1.88. The summed E-state index contributed by atoms with van der Waals surface area (Å²) in [6, 6.07) is 18.0. The van der Waals surface area contributed by atoms with E-state index >= 15 is 0 Å². The van der Waals surface area contributed by atoms with Crippen molar-refractivity contribution in [1.82, 2.24) is 9.38 Å². The van der Waals surface area contributed by atoms with Gasteiger partial charge in [-0.2, -0.15) is 0 Å². The summed E-state index contributed by atoms with van der Waals surface area (Å²) in [6.07, 6.45) is 1.97. The maximum absolute atomic E-state index is 13.3. The third kappa shape index (κ3) is 3.11. The average Bonchev–Trinajstić information content (AvgIpc) is 2.98. The van der Waals surface area contributed by atoms with Gasteiger partial charge in [0.25, 0.3) is 0 Å². The van der Waals surface area contributed by atoms with E-state index in [2.05, 4.69) is 15.2 Å². The van der Waals surface area contributed by atoms with Gasteiger partial charge in [0.1, 0.15) is 17.2 Å². The van der Waals surface area contributed by atoms with Gasteiger partial charge in [-0.15, -0.1) is 10.2 Å². The molecule has 2 aromatic carbocycles. The average molecular weight is 344 g/mol. The lowest BCUT2D eigenvalue weighted by Crippen LogP contribution is -1.85. The summed E-state index contributed by atoms with van der Waals surface area (Å²) in [5.41, 5.74) is 5.23. The van der Waals surface area contributed by atoms with Crippen molar-refractivity contribution < 1.29 is 4.39 Å². The van der Waals surface area contributed by atoms with Gasteiger partial charge in [-0.25, -0.2) is 9.37 Å². The molecule has 0 spiro atoms. The van der Waals surface area contributed by atoms with Gasteiger partial charge < -0.3 is 0 Å². The predicted octanol–water partition coefficient (Wildman–Crippen LogP) is 6.17. The highest BCUT2D eigenvalue weighted by atomic mass is 19.1. The number of fused-ring (bicyclic) bond motifs is 1. The van der Waals surface area contributed by atoms with Gasteiger partial charge in [-0.1, -0.05) is 18.2 Å². The molecule has 0 saturated carbocycles.